The van der Waals surface area contributed by atoms with E-state index in [1.54, 1.807) is 0 Å². The molecule has 0 spiro atoms. The summed E-state index contributed by atoms with van der Waals surface area (Å²) in [5.41, 5.74) is 4.72. The fraction of sp³-hybridized carbons (Fsp3) is 0. The molecule has 0 atom stereocenters. The second kappa shape index (κ2) is 5.04. The van der Waals surface area contributed by atoms with Gasteiger partial charge in [-0.05, 0) is 30.3 Å². The van der Waals surface area contributed by atoms with E-state index in [9.17, 15) is 21.6 Å². The zero-order valence-electron chi connectivity index (χ0n) is 9.90. The molecule has 2 aromatic rings. The van der Waals surface area contributed by atoms with E-state index in [0.29, 0.717) is 12.1 Å². The molecule has 0 aliphatic rings. The van der Waals surface area contributed by atoms with Gasteiger partial charge in [0.2, 0.25) is 0 Å². The Morgan fingerprint density at radius 1 is 0.950 bits per heavy atom. The number of sulfonamides is 1. The van der Waals surface area contributed by atoms with Crippen molar-refractivity contribution in [3.05, 3.63) is 53.8 Å². The fourth-order valence-corrected chi connectivity index (χ4v) is 2.55. The standard InChI is InChI=1S/C12H9F3N2O2S/c13-7-3-8(14)5-9(4-7)17-20(18,19)10-1-2-12(16)11(15)6-10/h1-6,17H,16H2. The van der Waals surface area contributed by atoms with E-state index in [2.05, 4.69) is 0 Å². The lowest BCUT2D eigenvalue weighted by molar-refractivity contribution is 0.584. The van der Waals surface area contributed by atoms with Crippen LogP contribution in [0.3, 0.4) is 0 Å². The molecule has 2 rings (SSSR count). The van der Waals surface area contributed by atoms with E-state index < -0.39 is 32.4 Å². The normalized spacial score (nSPS) is 11.3. The van der Waals surface area contributed by atoms with Crippen LogP contribution in [0.25, 0.3) is 0 Å². The smallest absolute Gasteiger partial charge is 0.262 e. The molecule has 0 bridgehead atoms. The maximum Gasteiger partial charge on any atom is 0.262 e. The van der Waals surface area contributed by atoms with E-state index in [1.165, 1.54) is 0 Å². The first-order valence-electron chi connectivity index (χ1n) is 5.32. The van der Waals surface area contributed by atoms with Crippen LogP contribution in [0.15, 0.2) is 41.3 Å². The van der Waals surface area contributed by atoms with Gasteiger partial charge in [-0.1, -0.05) is 0 Å². The van der Waals surface area contributed by atoms with Crippen LogP contribution in [0, 0.1) is 17.5 Å². The zero-order valence-corrected chi connectivity index (χ0v) is 10.7. The largest absolute Gasteiger partial charge is 0.396 e. The maximum absolute atomic E-state index is 13.2. The van der Waals surface area contributed by atoms with Crippen LogP contribution in [0.2, 0.25) is 0 Å². The quantitative estimate of drug-likeness (QED) is 0.856. The highest BCUT2D eigenvalue weighted by Gasteiger charge is 2.16. The van der Waals surface area contributed by atoms with E-state index >= 15 is 0 Å². The number of benzene rings is 2. The molecular formula is C12H9F3N2O2S. The minimum absolute atomic E-state index is 0.208. The van der Waals surface area contributed by atoms with Gasteiger partial charge in [0.25, 0.3) is 10.0 Å². The van der Waals surface area contributed by atoms with Crippen molar-refractivity contribution in [1.29, 1.82) is 0 Å². The van der Waals surface area contributed by atoms with Crippen LogP contribution >= 0.6 is 0 Å². The number of nitrogen functional groups attached to an aromatic ring is 1. The Morgan fingerprint density at radius 3 is 2.10 bits per heavy atom. The van der Waals surface area contributed by atoms with Crippen molar-refractivity contribution in [1.82, 2.24) is 0 Å². The molecule has 0 aliphatic heterocycles. The van der Waals surface area contributed by atoms with Crippen molar-refractivity contribution in [2.45, 2.75) is 4.90 Å². The molecule has 20 heavy (non-hydrogen) atoms. The van der Waals surface area contributed by atoms with Gasteiger partial charge in [-0.3, -0.25) is 4.72 Å². The van der Waals surface area contributed by atoms with Crippen LogP contribution < -0.4 is 10.5 Å². The Kier molecular flexibility index (Phi) is 3.58. The monoisotopic (exact) mass is 302 g/mol. The predicted molar refractivity (Wildman–Crippen MR) is 68.0 cm³/mol. The topological polar surface area (TPSA) is 72.2 Å². The van der Waals surface area contributed by atoms with Crippen molar-refractivity contribution >= 4 is 21.4 Å². The Balaban J connectivity index is 2.37. The molecule has 0 amide bonds. The predicted octanol–water partition coefficient (Wildman–Crippen LogP) is 2.49. The Labute approximate surface area is 113 Å². The van der Waals surface area contributed by atoms with Gasteiger partial charge < -0.3 is 5.73 Å². The number of rotatable bonds is 3. The summed E-state index contributed by atoms with van der Waals surface area (Å²) in [7, 11) is -4.16. The summed E-state index contributed by atoms with van der Waals surface area (Å²) >= 11 is 0. The van der Waals surface area contributed by atoms with Crippen molar-refractivity contribution in [2.75, 3.05) is 10.5 Å². The molecule has 0 fully saturated rings. The molecule has 0 unspecified atom stereocenters. The molecule has 0 heterocycles. The van der Waals surface area contributed by atoms with Crippen molar-refractivity contribution < 1.29 is 21.6 Å². The van der Waals surface area contributed by atoms with Gasteiger partial charge in [0.1, 0.15) is 17.5 Å². The van der Waals surface area contributed by atoms with Crippen LogP contribution in [0.5, 0.6) is 0 Å². The van der Waals surface area contributed by atoms with Crippen LogP contribution in [-0.2, 0) is 10.0 Å². The van der Waals surface area contributed by atoms with E-state index in [0.717, 1.165) is 24.3 Å². The Morgan fingerprint density at radius 2 is 1.55 bits per heavy atom. The highest BCUT2D eigenvalue weighted by molar-refractivity contribution is 7.92. The van der Waals surface area contributed by atoms with E-state index in [1.807, 2.05) is 4.72 Å². The highest BCUT2D eigenvalue weighted by atomic mass is 32.2. The first-order valence-corrected chi connectivity index (χ1v) is 6.80. The molecule has 4 nitrogen and oxygen atoms in total. The van der Waals surface area contributed by atoms with Crippen LogP contribution in [-0.4, -0.2) is 8.42 Å². The summed E-state index contributed by atoms with van der Waals surface area (Å²) in [6, 6.07) is 5.07. The number of hydrogen-bond donors (Lipinski definition) is 2. The van der Waals surface area contributed by atoms with Gasteiger partial charge in [0.05, 0.1) is 16.3 Å². The van der Waals surface area contributed by atoms with E-state index in [-0.39, 0.29) is 11.4 Å². The van der Waals surface area contributed by atoms with Gasteiger partial charge in [-0.25, -0.2) is 21.6 Å². The third-order valence-corrected chi connectivity index (χ3v) is 3.78. The minimum atomic E-state index is -4.16. The van der Waals surface area contributed by atoms with Gasteiger partial charge in [0, 0.05) is 6.07 Å². The molecule has 106 valence electrons. The van der Waals surface area contributed by atoms with Gasteiger partial charge in [-0.2, -0.15) is 0 Å². The lowest BCUT2D eigenvalue weighted by atomic mass is 10.3. The second-order valence-electron chi connectivity index (χ2n) is 3.95. The number of hydrogen-bond acceptors (Lipinski definition) is 3. The summed E-state index contributed by atoms with van der Waals surface area (Å²) in [4.78, 5) is -0.408. The zero-order chi connectivity index (χ0) is 14.9. The summed E-state index contributed by atoms with van der Waals surface area (Å²) in [6.07, 6.45) is 0. The fourth-order valence-electron chi connectivity index (χ4n) is 1.50. The molecule has 8 heteroatoms. The van der Waals surface area contributed by atoms with Crippen molar-refractivity contribution in [2.24, 2.45) is 0 Å². The third kappa shape index (κ3) is 3.02. The molecular weight excluding hydrogens is 293 g/mol. The lowest BCUT2D eigenvalue weighted by Gasteiger charge is -2.09. The lowest BCUT2D eigenvalue weighted by Crippen LogP contribution is -2.13. The second-order valence-corrected chi connectivity index (χ2v) is 5.63. The first kappa shape index (κ1) is 14.2. The molecule has 0 radical (unpaired) electrons. The molecule has 0 saturated carbocycles. The van der Waals surface area contributed by atoms with Crippen molar-refractivity contribution in [3.8, 4) is 0 Å². The number of halogens is 3. The average Bonchev–Trinajstić information content (AvgIpc) is 2.30. The van der Waals surface area contributed by atoms with E-state index in [4.69, 9.17) is 5.73 Å². The summed E-state index contributed by atoms with van der Waals surface area (Å²) in [5.74, 6) is -2.78. The number of nitrogens with one attached hydrogen (secondary N) is 1. The molecule has 0 saturated heterocycles. The summed E-state index contributed by atoms with van der Waals surface area (Å²) < 4.78 is 65.0. The third-order valence-electron chi connectivity index (χ3n) is 2.40. The Hall–Kier alpha value is -2.22. The highest BCUT2D eigenvalue weighted by Crippen LogP contribution is 2.20. The SMILES string of the molecule is Nc1ccc(S(=O)(=O)Nc2cc(F)cc(F)c2)cc1F. The Bertz CT molecular complexity index is 743. The maximum atomic E-state index is 13.2. The molecule has 0 aliphatic carbocycles. The number of nitrogens with two attached hydrogens (primary N) is 1. The molecule has 2 aromatic carbocycles. The average molecular weight is 302 g/mol. The number of anilines is 2. The molecule has 0 aromatic heterocycles. The minimum Gasteiger partial charge on any atom is -0.396 e. The van der Waals surface area contributed by atoms with Gasteiger partial charge in [-0.15, -0.1) is 0 Å². The van der Waals surface area contributed by atoms with Crippen molar-refractivity contribution in [3.63, 3.8) is 0 Å². The molecule has 3 N–H and O–H groups in total. The van der Waals surface area contributed by atoms with Gasteiger partial charge in [0.15, 0.2) is 0 Å². The summed E-state index contributed by atoms with van der Waals surface area (Å²) in [5, 5.41) is 0. The van der Waals surface area contributed by atoms with Crippen LogP contribution in [0.1, 0.15) is 0 Å². The first-order chi connectivity index (χ1) is 9.28. The summed E-state index contributed by atoms with van der Waals surface area (Å²) in [6.45, 7) is 0. The van der Waals surface area contributed by atoms with Gasteiger partial charge >= 0.3 is 0 Å². The van der Waals surface area contributed by atoms with Crippen LogP contribution in [0.4, 0.5) is 24.5 Å².